The van der Waals surface area contributed by atoms with Gasteiger partial charge in [-0.3, -0.25) is 10.1 Å². The second-order valence-electron chi connectivity index (χ2n) is 9.23. The zero-order valence-corrected chi connectivity index (χ0v) is 20.9. The van der Waals surface area contributed by atoms with E-state index in [1.54, 1.807) is 17.3 Å². The fraction of sp³-hybridized carbons (Fsp3) is 0.704. The van der Waals surface area contributed by atoms with Gasteiger partial charge in [0.15, 0.2) is 0 Å². The number of hydrogen-bond donors (Lipinski definition) is 1. The van der Waals surface area contributed by atoms with Crippen LogP contribution in [0, 0.1) is 11.8 Å². The third kappa shape index (κ3) is 8.24. The van der Waals surface area contributed by atoms with Crippen molar-refractivity contribution >= 4 is 5.71 Å². The van der Waals surface area contributed by atoms with Crippen molar-refractivity contribution in [3.05, 3.63) is 41.4 Å². The minimum Gasteiger partial charge on any atom is -0.282 e. The van der Waals surface area contributed by atoms with Gasteiger partial charge < -0.3 is 0 Å². The molecule has 0 aromatic carbocycles. The molecule has 0 amide bonds. The first-order valence-corrected chi connectivity index (χ1v) is 12.3. The van der Waals surface area contributed by atoms with Crippen molar-refractivity contribution in [2.24, 2.45) is 16.8 Å². The quantitative estimate of drug-likeness (QED) is 0.227. The molecule has 3 nitrogen and oxygen atoms in total. The average Bonchev–Trinajstić information content (AvgIpc) is 3.22. The summed E-state index contributed by atoms with van der Waals surface area (Å²) in [5.74, 6) is 1.88. The number of aromatic amines is 1. The summed E-state index contributed by atoms with van der Waals surface area (Å²) in [4.78, 5) is 4.70. The molecule has 0 bridgehead atoms. The van der Waals surface area contributed by atoms with E-state index in [4.69, 9.17) is 4.99 Å². The van der Waals surface area contributed by atoms with E-state index >= 15 is 0 Å². The Kier molecular flexibility index (Phi) is 12.7. The number of nitrogens with one attached hydrogen (secondary N) is 1. The van der Waals surface area contributed by atoms with Crippen LogP contribution in [0.25, 0.3) is 0 Å². The molecule has 1 heterocycles. The number of nitrogens with zero attached hydrogens (tertiary/aromatic N) is 2. The molecular weight excluding hydrogens is 366 g/mol. The van der Waals surface area contributed by atoms with Gasteiger partial charge in [0, 0.05) is 17.5 Å². The molecule has 1 aromatic heterocycles. The Labute approximate surface area is 186 Å². The van der Waals surface area contributed by atoms with Crippen LogP contribution >= 0.6 is 0 Å². The predicted octanol–water partition coefficient (Wildman–Crippen LogP) is 8.61. The zero-order valence-electron chi connectivity index (χ0n) is 20.9. The maximum atomic E-state index is 4.70. The Morgan fingerprint density at radius 3 is 2.43 bits per heavy atom. The van der Waals surface area contributed by atoms with Gasteiger partial charge in [-0.15, -0.1) is 0 Å². The Balaban J connectivity index is 3.10. The van der Waals surface area contributed by atoms with Crippen molar-refractivity contribution in [2.45, 2.75) is 112 Å². The lowest BCUT2D eigenvalue weighted by Crippen LogP contribution is -2.12. The second-order valence-corrected chi connectivity index (χ2v) is 9.23. The Bertz CT molecular complexity index is 678. The smallest absolute Gasteiger partial charge is 0.0581 e. The molecule has 3 heteroatoms. The molecule has 0 saturated heterocycles. The molecule has 1 N–H and O–H groups in total. The van der Waals surface area contributed by atoms with E-state index in [0.717, 1.165) is 37.3 Å². The van der Waals surface area contributed by atoms with Gasteiger partial charge in [0.25, 0.3) is 0 Å². The van der Waals surface area contributed by atoms with Crippen LogP contribution < -0.4 is 0 Å². The largest absolute Gasteiger partial charge is 0.282 e. The van der Waals surface area contributed by atoms with Crippen LogP contribution in [0.1, 0.15) is 123 Å². The highest BCUT2D eigenvalue weighted by molar-refractivity contribution is 6.01. The van der Waals surface area contributed by atoms with Gasteiger partial charge in [0.05, 0.1) is 11.9 Å². The van der Waals surface area contributed by atoms with Gasteiger partial charge in [0.1, 0.15) is 0 Å². The number of allylic oxidation sites excluding steroid dienone is 2. The van der Waals surface area contributed by atoms with E-state index in [-0.39, 0.29) is 0 Å². The van der Waals surface area contributed by atoms with Crippen LogP contribution in [0.5, 0.6) is 0 Å². The number of H-pyrrole nitrogens is 1. The molecule has 0 aliphatic heterocycles. The highest BCUT2D eigenvalue weighted by atomic mass is 15.1. The molecule has 2 unspecified atom stereocenters. The topological polar surface area (TPSA) is 41.0 Å². The molecule has 1 aromatic rings. The van der Waals surface area contributed by atoms with Crippen molar-refractivity contribution in [3.8, 4) is 0 Å². The molecule has 0 saturated carbocycles. The molecule has 0 aliphatic carbocycles. The summed E-state index contributed by atoms with van der Waals surface area (Å²) < 4.78 is 0. The summed E-state index contributed by atoms with van der Waals surface area (Å²) in [5.41, 5.74) is 6.82. The molecule has 0 fully saturated rings. The minimum absolute atomic E-state index is 0.456. The first kappa shape index (κ1) is 26.4. The number of hydrogen-bond acceptors (Lipinski definition) is 2. The van der Waals surface area contributed by atoms with Crippen LogP contribution in [0.2, 0.25) is 0 Å². The normalized spacial score (nSPS) is 15.3. The molecule has 2 atom stereocenters. The number of aromatic nitrogens is 2. The highest BCUT2D eigenvalue weighted by Crippen LogP contribution is 2.32. The standard InChI is InChI=1S/C27H47N3/c1-9-14-24(21(7)10-2)23(16-13-15-20(5)6)17-18-26(28-12-4)25-19-29-30-27(25)22(8)11-3/h12,19-20,22-23H,4,9-11,13-18H2,1-3,5-8H3,(H,29,30)/b24-21+,28-26?. The Hall–Kier alpha value is -1.64. The van der Waals surface area contributed by atoms with Gasteiger partial charge in [-0.2, -0.15) is 5.10 Å². The maximum absolute atomic E-state index is 4.70. The predicted molar refractivity (Wildman–Crippen MR) is 133 cm³/mol. The van der Waals surface area contributed by atoms with Gasteiger partial charge in [-0.05, 0) is 63.2 Å². The van der Waals surface area contributed by atoms with Crippen LogP contribution in [0.3, 0.4) is 0 Å². The molecule has 0 radical (unpaired) electrons. The second kappa shape index (κ2) is 14.4. The van der Waals surface area contributed by atoms with Crippen LogP contribution in [-0.2, 0) is 0 Å². The van der Waals surface area contributed by atoms with Crippen molar-refractivity contribution in [1.82, 2.24) is 10.2 Å². The highest BCUT2D eigenvalue weighted by Gasteiger charge is 2.20. The fourth-order valence-electron chi connectivity index (χ4n) is 4.32. The molecule has 0 aliphatic rings. The summed E-state index contributed by atoms with van der Waals surface area (Å²) in [5, 5.41) is 7.57. The minimum atomic E-state index is 0.456. The first-order chi connectivity index (χ1) is 14.4. The van der Waals surface area contributed by atoms with Crippen molar-refractivity contribution in [2.75, 3.05) is 0 Å². The Morgan fingerprint density at radius 2 is 1.87 bits per heavy atom. The van der Waals surface area contributed by atoms with Crippen molar-refractivity contribution < 1.29 is 0 Å². The fourth-order valence-corrected chi connectivity index (χ4v) is 4.32. The van der Waals surface area contributed by atoms with E-state index in [1.807, 2.05) is 6.20 Å². The molecule has 0 spiro atoms. The van der Waals surface area contributed by atoms with E-state index in [0.29, 0.717) is 11.8 Å². The summed E-state index contributed by atoms with van der Waals surface area (Å²) in [6.45, 7) is 20.0. The van der Waals surface area contributed by atoms with Crippen LogP contribution in [0.15, 0.2) is 35.1 Å². The third-order valence-corrected chi connectivity index (χ3v) is 6.49. The first-order valence-electron chi connectivity index (χ1n) is 12.3. The lowest BCUT2D eigenvalue weighted by Gasteiger charge is -2.24. The monoisotopic (exact) mass is 413 g/mol. The summed E-state index contributed by atoms with van der Waals surface area (Å²) in [7, 11) is 0. The summed E-state index contributed by atoms with van der Waals surface area (Å²) >= 11 is 0. The van der Waals surface area contributed by atoms with Gasteiger partial charge >= 0.3 is 0 Å². The Morgan fingerprint density at radius 1 is 1.13 bits per heavy atom. The lowest BCUT2D eigenvalue weighted by atomic mass is 9.82. The van der Waals surface area contributed by atoms with E-state index in [2.05, 4.69) is 65.2 Å². The van der Waals surface area contributed by atoms with Crippen LogP contribution in [0.4, 0.5) is 0 Å². The molecular formula is C27H47N3. The van der Waals surface area contributed by atoms with Gasteiger partial charge in [0.2, 0.25) is 0 Å². The average molecular weight is 414 g/mol. The molecule has 1 rings (SSSR count). The number of aliphatic imine (C=N–C) groups is 1. The molecule has 30 heavy (non-hydrogen) atoms. The SMILES string of the molecule is C=CN=C(CCC(CCCC(C)C)/C(CCC)=C(\C)CC)c1cn[nH]c1C(C)CC. The number of rotatable bonds is 15. The summed E-state index contributed by atoms with van der Waals surface area (Å²) in [6.07, 6.45) is 14.4. The van der Waals surface area contributed by atoms with E-state index in [1.165, 1.54) is 43.4 Å². The third-order valence-electron chi connectivity index (χ3n) is 6.49. The lowest BCUT2D eigenvalue weighted by molar-refractivity contribution is 0.445. The van der Waals surface area contributed by atoms with E-state index < -0.39 is 0 Å². The maximum Gasteiger partial charge on any atom is 0.0581 e. The van der Waals surface area contributed by atoms with Crippen molar-refractivity contribution in [1.29, 1.82) is 0 Å². The van der Waals surface area contributed by atoms with Crippen molar-refractivity contribution in [3.63, 3.8) is 0 Å². The van der Waals surface area contributed by atoms with E-state index in [9.17, 15) is 0 Å². The van der Waals surface area contributed by atoms with Crippen LogP contribution in [-0.4, -0.2) is 15.9 Å². The zero-order chi connectivity index (χ0) is 22.5. The summed E-state index contributed by atoms with van der Waals surface area (Å²) in [6, 6.07) is 0. The van der Waals surface area contributed by atoms with Gasteiger partial charge in [-0.25, -0.2) is 0 Å². The molecule has 170 valence electrons. The van der Waals surface area contributed by atoms with Gasteiger partial charge in [-0.1, -0.05) is 78.5 Å².